The van der Waals surface area contributed by atoms with E-state index >= 15 is 0 Å². The van der Waals surface area contributed by atoms with Gasteiger partial charge < -0.3 is 5.32 Å². The lowest BCUT2D eigenvalue weighted by Crippen LogP contribution is -2.43. The van der Waals surface area contributed by atoms with Crippen LogP contribution in [-0.2, 0) is 15.0 Å². The van der Waals surface area contributed by atoms with E-state index in [1.807, 2.05) is 37.3 Å². The summed E-state index contributed by atoms with van der Waals surface area (Å²) < 4.78 is 16.1. The smallest absolute Gasteiger partial charge is 0.240 e. The van der Waals surface area contributed by atoms with Crippen molar-refractivity contribution >= 4 is 29.4 Å². The number of benzene rings is 2. The number of thioether (sulfide) groups is 1. The number of halogens is 1. The molecule has 0 spiro atoms. The number of nitrogens with one attached hydrogen (secondary N) is 1. The van der Waals surface area contributed by atoms with Crippen LogP contribution in [0.25, 0.3) is 5.69 Å². The maximum atomic E-state index is 14.3. The molecule has 6 nitrogen and oxygen atoms in total. The van der Waals surface area contributed by atoms with E-state index in [9.17, 15) is 14.0 Å². The summed E-state index contributed by atoms with van der Waals surface area (Å²) in [4.78, 5) is 28.1. The summed E-state index contributed by atoms with van der Waals surface area (Å²) in [6.07, 6.45) is 1.94. The van der Waals surface area contributed by atoms with Crippen LogP contribution in [0.15, 0.2) is 48.5 Å². The maximum absolute atomic E-state index is 14.3. The van der Waals surface area contributed by atoms with E-state index in [2.05, 4.69) is 26.1 Å². The highest BCUT2D eigenvalue weighted by atomic mass is 32.2. The molecule has 3 aromatic rings. The fraction of sp³-hybridized carbons (Fsp3) is 0.393. The van der Waals surface area contributed by atoms with Crippen molar-refractivity contribution in [2.75, 3.05) is 17.2 Å². The van der Waals surface area contributed by atoms with E-state index < -0.39 is 0 Å². The number of aromatic nitrogens is 2. The monoisotopic (exact) mass is 506 g/mol. The summed E-state index contributed by atoms with van der Waals surface area (Å²) in [5, 5.41) is 7.76. The number of hydrogen-bond acceptors (Lipinski definition) is 4. The molecule has 0 radical (unpaired) electrons. The Morgan fingerprint density at radius 3 is 2.58 bits per heavy atom. The maximum Gasteiger partial charge on any atom is 0.240 e. The first-order valence-corrected chi connectivity index (χ1v) is 13.3. The lowest BCUT2D eigenvalue weighted by atomic mass is 9.87. The Balaban J connectivity index is 1.75. The van der Waals surface area contributed by atoms with Crippen LogP contribution in [0.3, 0.4) is 0 Å². The molecule has 2 amide bonds. The third-order valence-electron chi connectivity index (χ3n) is 6.44. The first kappa shape index (κ1) is 24.6. The molecule has 36 heavy (non-hydrogen) atoms. The van der Waals surface area contributed by atoms with Gasteiger partial charge in [0.25, 0.3) is 0 Å². The van der Waals surface area contributed by atoms with Crippen LogP contribution in [-0.4, -0.2) is 39.9 Å². The molecule has 2 aromatic carbocycles. The Morgan fingerprint density at radius 2 is 1.92 bits per heavy atom. The molecule has 1 aromatic heterocycles. The van der Waals surface area contributed by atoms with Crippen molar-refractivity contribution in [1.82, 2.24) is 15.1 Å². The Labute approximate surface area is 215 Å². The molecule has 2 aliphatic rings. The van der Waals surface area contributed by atoms with Crippen LogP contribution in [0.2, 0.25) is 0 Å². The van der Waals surface area contributed by atoms with Gasteiger partial charge in [0.2, 0.25) is 11.8 Å². The third kappa shape index (κ3) is 4.91. The van der Waals surface area contributed by atoms with Crippen LogP contribution in [0, 0.1) is 12.7 Å². The van der Waals surface area contributed by atoms with Crippen molar-refractivity contribution in [3.63, 3.8) is 0 Å². The Kier molecular flexibility index (Phi) is 6.41. The number of anilines is 1. The molecule has 1 fully saturated rings. The average Bonchev–Trinajstić information content (AvgIpc) is 3.55. The molecule has 2 heterocycles. The summed E-state index contributed by atoms with van der Waals surface area (Å²) in [5.41, 5.74) is 3.95. The lowest BCUT2D eigenvalue weighted by Gasteiger charge is -2.24. The van der Waals surface area contributed by atoms with Crippen molar-refractivity contribution in [1.29, 1.82) is 0 Å². The summed E-state index contributed by atoms with van der Waals surface area (Å²) in [7, 11) is 0. The van der Waals surface area contributed by atoms with Crippen molar-refractivity contribution in [2.24, 2.45) is 0 Å². The average molecular weight is 507 g/mol. The lowest BCUT2D eigenvalue weighted by molar-refractivity contribution is -0.123. The van der Waals surface area contributed by atoms with Crippen molar-refractivity contribution in [3.8, 4) is 5.69 Å². The van der Waals surface area contributed by atoms with E-state index in [0.29, 0.717) is 5.82 Å². The van der Waals surface area contributed by atoms with Gasteiger partial charge in [-0.05, 0) is 55.2 Å². The number of aryl methyl sites for hydroxylation is 1. The van der Waals surface area contributed by atoms with Gasteiger partial charge in [-0.2, -0.15) is 5.10 Å². The number of hydrogen-bond donors (Lipinski definition) is 1. The van der Waals surface area contributed by atoms with Crippen molar-refractivity contribution in [3.05, 3.63) is 76.7 Å². The molecule has 0 saturated heterocycles. The zero-order valence-electron chi connectivity index (χ0n) is 21.0. The number of fused-ring (bicyclic) bond motifs is 1. The molecule has 5 rings (SSSR count). The molecule has 188 valence electrons. The molecule has 1 aliphatic carbocycles. The second-order valence-corrected chi connectivity index (χ2v) is 11.7. The number of rotatable bonds is 5. The van der Waals surface area contributed by atoms with Crippen molar-refractivity contribution < 1.29 is 14.0 Å². The van der Waals surface area contributed by atoms with Gasteiger partial charge in [-0.3, -0.25) is 14.5 Å². The van der Waals surface area contributed by atoms with Gasteiger partial charge in [0.15, 0.2) is 0 Å². The predicted molar refractivity (Wildman–Crippen MR) is 141 cm³/mol. The van der Waals surface area contributed by atoms with Gasteiger partial charge in [0.05, 0.1) is 22.4 Å². The minimum absolute atomic E-state index is 0.0835. The van der Waals surface area contributed by atoms with E-state index in [1.165, 1.54) is 23.9 Å². The summed E-state index contributed by atoms with van der Waals surface area (Å²) in [5.74, 6) is 0.0833. The summed E-state index contributed by atoms with van der Waals surface area (Å²) >= 11 is 1.45. The summed E-state index contributed by atoms with van der Waals surface area (Å²) in [6.45, 7) is 8.18. The van der Waals surface area contributed by atoms with E-state index in [1.54, 1.807) is 15.6 Å². The highest BCUT2D eigenvalue weighted by molar-refractivity contribution is 8.00. The third-order valence-corrected chi connectivity index (χ3v) is 7.70. The zero-order valence-corrected chi connectivity index (χ0v) is 21.9. The van der Waals surface area contributed by atoms with Crippen LogP contribution >= 0.6 is 11.8 Å². The summed E-state index contributed by atoms with van der Waals surface area (Å²) in [6, 6.07) is 14.7. The highest BCUT2D eigenvalue weighted by Crippen LogP contribution is 2.48. The number of carbonyl (C=O) groups is 2. The minimum Gasteiger partial charge on any atom is -0.352 e. The van der Waals surface area contributed by atoms with Gasteiger partial charge in [0.1, 0.15) is 18.2 Å². The SMILES string of the molecule is Cc1cccc(-n2nc(C(C)(C)C)c3c2N(CC(=O)NC2CC2)C(=O)CS[C@@H]3c2cccc(F)c2)c1. The minimum atomic E-state index is -0.360. The van der Waals surface area contributed by atoms with E-state index in [-0.39, 0.29) is 46.6 Å². The molecule has 1 N–H and O–H groups in total. The normalized spacial score (nSPS) is 18.1. The van der Waals surface area contributed by atoms with E-state index in [4.69, 9.17) is 5.10 Å². The molecular formula is C28H31FN4O2S. The molecule has 1 saturated carbocycles. The standard InChI is InChI=1S/C28H31FN4O2S/c1-17-7-5-10-21(13-17)33-27-24(26(31-33)28(2,3)4)25(18-8-6-9-19(29)14-18)36-16-23(35)32(27)15-22(34)30-20-11-12-20/h5-10,13-14,20,25H,11-12,15-16H2,1-4H3,(H,30,34)/t25-/m1/s1. The van der Waals surface area contributed by atoms with E-state index in [0.717, 1.165) is 40.9 Å². The first-order chi connectivity index (χ1) is 17.1. The van der Waals surface area contributed by atoms with Gasteiger partial charge in [-0.25, -0.2) is 9.07 Å². The fourth-order valence-corrected chi connectivity index (χ4v) is 5.78. The molecule has 1 aliphatic heterocycles. The number of nitrogens with zero attached hydrogens (tertiary/aromatic N) is 3. The molecule has 8 heteroatoms. The zero-order chi connectivity index (χ0) is 25.6. The van der Waals surface area contributed by atoms with Crippen LogP contribution < -0.4 is 10.2 Å². The molecule has 0 unspecified atom stereocenters. The van der Waals surface area contributed by atoms with Gasteiger partial charge in [-0.15, -0.1) is 11.8 Å². The molecular weight excluding hydrogens is 475 g/mol. The number of amides is 2. The topological polar surface area (TPSA) is 67.2 Å². The van der Waals surface area contributed by atoms with Crippen LogP contribution in [0.4, 0.5) is 10.2 Å². The van der Waals surface area contributed by atoms with Crippen LogP contribution in [0.1, 0.15) is 61.2 Å². The second kappa shape index (κ2) is 9.39. The molecule has 0 bridgehead atoms. The quantitative estimate of drug-likeness (QED) is 0.525. The highest BCUT2D eigenvalue weighted by Gasteiger charge is 2.40. The Hall–Kier alpha value is -3.13. The Bertz CT molecular complexity index is 1330. The second-order valence-electron chi connectivity index (χ2n) is 10.7. The van der Waals surface area contributed by atoms with Gasteiger partial charge in [-0.1, -0.05) is 45.0 Å². The first-order valence-electron chi connectivity index (χ1n) is 12.3. The Morgan fingerprint density at radius 1 is 1.17 bits per heavy atom. The van der Waals surface area contributed by atoms with Crippen molar-refractivity contribution in [2.45, 2.75) is 57.2 Å². The van der Waals surface area contributed by atoms with Gasteiger partial charge in [0, 0.05) is 17.0 Å². The largest absolute Gasteiger partial charge is 0.352 e. The fourth-order valence-electron chi connectivity index (χ4n) is 4.59. The molecule has 1 atom stereocenters. The van der Waals surface area contributed by atoms with Crippen LogP contribution in [0.5, 0.6) is 0 Å². The predicted octanol–water partition coefficient (Wildman–Crippen LogP) is 5.07. The van der Waals surface area contributed by atoms with Gasteiger partial charge >= 0.3 is 0 Å². The number of carbonyl (C=O) groups excluding carboxylic acids is 2.